The molecule has 1 saturated carbocycles. The third kappa shape index (κ3) is 1.14. The average molecular weight is 184 g/mol. The molecular formula is C10H16O3. The van der Waals surface area contributed by atoms with Crippen LogP contribution in [0.4, 0.5) is 0 Å². The summed E-state index contributed by atoms with van der Waals surface area (Å²) in [6, 6.07) is 0. The van der Waals surface area contributed by atoms with Crippen molar-refractivity contribution in [1.29, 1.82) is 0 Å². The monoisotopic (exact) mass is 184 g/mol. The largest absolute Gasteiger partial charge is 0.390 e. The predicted molar refractivity (Wildman–Crippen MR) is 47.2 cm³/mol. The van der Waals surface area contributed by atoms with Crippen molar-refractivity contribution in [1.82, 2.24) is 0 Å². The molecule has 13 heavy (non-hydrogen) atoms. The Balaban J connectivity index is 2.17. The summed E-state index contributed by atoms with van der Waals surface area (Å²) in [6.45, 7) is 5.85. The summed E-state index contributed by atoms with van der Waals surface area (Å²) in [4.78, 5) is 11.6. The highest BCUT2D eigenvalue weighted by atomic mass is 16.6. The summed E-state index contributed by atoms with van der Waals surface area (Å²) in [5.74, 6) is 0.572. The highest BCUT2D eigenvalue weighted by Crippen LogP contribution is 2.48. The van der Waals surface area contributed by atoms with Gasteiger partial charge in [0, 0.05) is 6.42 Å². The molecule has 0 aromatic heterocycles. The quantitative estimate of drug-likeness (QED) is 0.612. The molecule has 0 aromatic carbocycles. The zero-order valence-corrected chi connectivity index (χ0v) is 8.28. The lowest BCUT2D eigenvalue weighted by atomic mass is 9.75. The second-order valence-electron chi connectivity index (χ2n) is 4.67. The Morgan fingerprint density at radius 2 is 2.23 bits per heavy atom. The smallest absolute Gasteiger partial charge is 0.167 e. The van der Waals surface area contributed by atoms with Crippen LogP contribution in [0.15, 0.2) is 0 Å². The molecular weight excluding hydrogens is 168 g/mol. The van der Waals surface area contributed by atoms with Crippen molar-refractivity contribution >= 4 is 5.78 Å². The van der Waals surface area contributed by atoms with Crippen molar-refractivity contribution in [2.24, 2.45) is 11.8 Å². The number of hydrogen-bond donors (Lipinski definition) is 1. The number of Topliss-reactive ketones (excluding diaryl/α,β-unsaturated/α-hetero) is 1. The Hall–Kier alpha value is -0.410. The van der Waals surface area contributed by atoms with Crippen LogP contribution in [0.5, 0.6) is 0 Å². The van der Waals surface area contributed by atoms with Gasteiger partial charge in [0.05, 0.1) is 6.10 Å². The first-order valence-corrected chi connectivity index (χ1v) is 4.86. The van der Waals surface area contributed by atoms with Gasteiger partial charge in [-0.1, -0.05) is 13.8 Å². The number of aliphatic hydroxyl groups excluding tert-OH is 1. The molecule has 3 nitrogen and oxygen atoms in total. The number of ether oxygens (including phenoxy) is 1. The molecule has 1 heterocycles. The van der Waals surface area contributed by atoms with E-state index in [1.807, 2.05) is 13.8 Å². The number of rotatable bonds is 1. The Morgan fingerprint density at radius 3 is 2.77 bits per heavy atom. The molecule has 2 fully saturated rings. The minimum absolute atomic E-state index is 0.0769. The van der Waals surface area contributed by atoms with Crippen molar-refractivity contribution < 1.29 is 14.6 Å². The van der Waals surface area contributed by atoms with Crippen LogP contribution in [0.3, 0.4) is 0 Å². The maximum absolute atomic E-state index is 11.6. The standard InChI is InChI=1S/C10H16O3/c1-5(2)6-4-7(11)10(3)9(13-10)8(6)12/h5-6,8-9,12H,4H2,1-3H3/t6-,8-,9-,10+/m1/s1. The minimum Gasteiger partial charge on any atom is -0.390 e. The van der Waals surface area contributed by atoms with Crippen LogP contribution < -0.4 is 0 Å². The molecule has 0 amide bonds. The van der Waals surface area contributed by atoms with Crippen molar-refractivity contribution in [3.63, 3.8) is 0 Å². The van der Waals surface area contributed by atoms with Gasteiger partial charge in [-0.2, -0.15) is 0 Å². The molecule has 0 radical (unpaired) electrons. The minimum atomic E-state index is -0.648. The fourth-order valence-corrected chi connectivity index (χ4v) is 2.24. The molecule has 0 aromatic rings. The fraction of sp³-hybridized carbons (Fsp3) is 0.900. The summed E-state index contributed by atoms with van der Waals surface area (Å²) in [7, 11) is 0. The topological polar surface area (TPSA) is 49.8 Å². The highest BCUT2D eigenvalue weighted by Gasteiger charge is 2.66. The maximum atomic E-state index is 11.6. The van der Waals surface area contributed by atoms with Crippen molar-refractivity contribution in [2.45, 2.75) is 45.0 Å². The number of aliphatic hydroxyl groups is 1. The van der Waals surface area contributed by atoms with Gasteiger partial charge in [-0.25, -0.2) is 0 Å². The highest BCUT2D eigenvalue weighted by molar-refractivity contribution is 5.91. The van der Waals surface area contributed by atoms with Crippen LogP contribution in [0.1, 0.15) is 27.2 Å². The Labute approximate surface area is 78.1 Å². The van der Waals surface area contributed by atoms with Gasteiger partial charge >= 0.3 is 0 Å². The molecule has 1 aliphatic heterocycles. The third-order valence-electron chi connectivity index (χ3n) is 3.44. The fourth-order valence-electron chi connectivity index (χ4n) is 2.24. The first kappa shape index (κ1) is 9.16. The Morgan fingerprint density at radius 1 is 1.62 bits per heavy atom. The van der Waals surface area contributed by atoms with Crippen molar-refractivity contribution in [3.8, 4) is 0 Å². The van der Waals surface area contributed by atoms with E-state index < -0.39 is 11.7 Å². The van der Waals surface area contributed by atoms with Crippen molar-refractivity contribution in [3.05, 3.63) is 0 Å². The first-order valence-electron chi connectivity index (χ1n) is 4.86. The molecule has 1 saturated heterocycles. The lowest BCUT2D eigenvalue weighted by molar-refractivity contribution is -0.127. The normalized spacial score (nSPS) is 49.3. The second kappa shape index (κ2) is 2.55. The molecule has 0 unspecified atom stereocenters. The van der Waals surface area contributed by atoms with Crippen LogP contribution in [0.25, 0.3) is 0 Å². The molecule has 2 aliphatic rings. The maximum Gasteiger partial charge on any atom is 0.167 e. The summed E-state index contributed by atoms with van der Waals surface area (Å²) >= 11 is 0. The van der Waals surface area contributed by atoms with Gasteiger partial charge in [0.1, 0.15) is 6.10 Å². The first-order chi connectivity index (χ1) is 5.97. The molecule has 3 heteroatoms. The van der Waals surface area contributed by atoms with Crippen LogP contribution in [0, 0.1) is 11.8 Å². The van der Waals surface area contributed by atoms with E-state index in [1.54, 1.807) is 6.92 Å². The lowest BCUT2D eigenvalue weighted by Gasteiger charge is -2.29. The molecule has 0 bridgehead atoms. The van der Waals surface area contributed by atoms with E-state index in [4.69, 9.17) is 4.74 Å². The van der Waals surface area contributed by atoms with Gasteiger partial charge in [0.2, 0.25) is 0 Å². The summed E-state index contributed by atoms with van der Waals surface area (Å²) < 4.78 is 5.27. The van der Waals surface area contributed by atoms with E-state index in [-0.39, 0.29) is 17.8 Å². The van der Waals surface area contributed by atoms with Crippen LogP contribution in [0.2, 0.25) is 0 Å². The molecule has 1 aliphatic carbocycles. The number of fused-ring (bicyclic) bond motifs is 1. The van der Waals surface area contributed by atoms with Crippen LogP contribution in [-0.4, -0.2) is 28.7 Å². The zero-order chi connectivity index (χ0) is 9.80. The van der Waals surface area contributed by atoms with Gasteiger partial charge in [0.25, 0.3) is 0 Å². The number of carbonyl (C=O) groups is 1. The van der Waals surface area contributed by atoms with E-state index in [0.717, 1.165) is 0 Å². The van der Waals surface area contributed by atoms with Crippen molar-refractivity contribution in [2.75, 3.05) is 0 Å². The SMILES string of the molecule is CC(C)[C@H]1CC(=O)[C@]2(C)O[C@@H]2[C@@H]1O. The van der Waals surface area contributed by atoms with Gasteiger partial charge in [-0.15, -0.1) is 0 Å². The van der Waals surface area contributed by atoms with Crippen LogP contribution in [-0.2, 0) is 9.53 Å². The van der Waals surface area contributed by atoms with E-state index in [1.165, 1.54) is 0 Å². The van der Waals surface area contributed by atoms with Gasteiger partial charge in [0.15, 0.2) is 11.4 Å². The van der Waals surface area contributed by atoms with Crippen LogP contribution >= 0.6 is 0 Å². The van der Waals surface area contributed by atoms with E-state index >= 15 is 0 Å². The second-order valence-corrected chi connectivity index (χ2v) is 4.67. The number of epoxide rings is 1. The number of ketones is 1. The van der Waals surface area contributed by atoms with E-state index in [9.17, 15) is 9.90 Å². The third-order valence-corrected chi connectivity index (χ3v) is 3.44. The van der Waals surface area contributed by atoms with E-state index in [2.05, 4.69) is 0 Å². The number of hydrogen-bond acceptors (Lipinski definition) is 3. The molecule has 74 valence electrons. The summed E-state index contributed by atoms with van der Waals surface area (Å²) in [5.41, 5.74) is -0.648. The summed E-state index contributed by atoms with van der Waals surface area (Å²) in [6.07, 6.45) is -0.227. The molecule has 1 N–H and O–H groups in total. The predicted octanol–water partition coefficient (Wildman–Crippen LogP) is 0.750. The average Bonchev–Trinajstić information content (AvgIpc) is 2.72. The molecule has 2 rings (SSSR count). The Kier molecular flexibility index (Phi) is 1.79. The Bertz CT molecular complexity index is 249. The number of carbonyl (C=O) groups excluding carboxylic acids is 1. The summed E-state index contributed by atoms with van der Waals surface area (Å²) in [5, 5.41) is 9.86. The molecule has 4 atom stereocenters. The molecule has 0 spiro atoms. The lowest BCUT2D eigenvalue weighted by Crippen LogP contribution is -2.43. The van der Waals surface area contributed by atoms with Gasteiger partial charge in [-0.05, 0) is 18.8 Å². The van der Waals surface area contributed by atoms with Gasteiger partial charge in [-0.3, -0.25) is 4.79 Å². The van der Waals surface area contributed by atoms with E-state index in [0.29, 0.717) is 12.3 Å². The zero-order valence-electron chi connectivity index (χ0n) is 8.28. The van der Waals surface area contributed by atoms with Gasteiger partial charge < -0.3 is 9.84 Å².